The van der Waals surface area contributed by atoms with Crippen LogP contribution in [0.2, 0.25) is 5.02 Å². The van der Waals surface area contributed by atoms with Gasteiger partial charge < -0.3 is 34.3 Å². The number of urea groups is 1. The van der Waals surface area contributed by atoms with Crippen LogP contribution in [0.1, 0.15) is 68.2 Å². The molecule has 10 heteroatoms. The molecule has 2 fully saturated rings. The number of benzene rings is 2. The summed E-state index contributed by atoms with van der Waals surface area (Å²) in [6.07, 6.45) is 2.26. The largest absolute Gasteiger partial charge is 0.496 e. The molecule has 4 rings (SSSR count). The van der Waals surface area contributed by atoms with Crippen molar-refractivity contribution < 1.29 is 33.6 Å². The summed E-state index contributed by atoms with van der Waals surface area (Å²) in [6, 6.07) is 10.5. The number of carboxylic acid groups (broad SMARTS) is 1. The maximum Gasteiger partial charge on any atom is 0.329 e. The van der Waals surface area contributed by atoms with Gasteiger partial charge in [0.05, 0.1) is 44.6 Å². The summed E-state index contributed by atoms with van der Waals surface area (Å²) < 4.78 is 22.9. The standard InChI is InChI=1S/C30H39ClN2O7/c1-5-40-22-16-30(17-22,28(34)35)32-29(36)33(13-14-39-18-20-9-7-6-8-10-20)19(2)23-15-24(37-3)25(21-11-12-21)27(38-4)26(23)31/h6-10,15,19,21-22H,5,11-14,16-18H2,1-4H3,(H,32,36)(H,34,35)/t19-,22-,30-/m1/s1. The molecule has 0 bridgehead atoms. The Bertz CT molecular complexity index is 1180. The van der Waals surface area contributed by atoms with Crippen LogP contribution in [0, 0.1) is 0 Å². The van der Waals surface area contributed by atoms with Gasteiger partial charge in [0.25, 0.3) is 0 Å². The topological polar surface area (TPSA) is 107 Å². The molecular weight excluding hydrogens is 536 g/mol. The van der Waals surface area contributed by atoms with Gasteiger partial charge in [-0.05, 0) is 44.2 Å². The quantitative estimate of drug-likeness (QED) is 0.285. The average molecular weight is 575 g/mol. The number of hydrogen-bond donors (Lipinski definition) is 2. The Kier molecular flexibility index (Phi) is 9.81. The Morgan fingerprint density at radius 2 is 1.88 bits per heavy atom. The Hall–Kier alpha value is -3.01. The third-order valence-electron chi connectivity index (χ3n) is 7.74. The van der Waals surface area contributed by atoms with Crippen molar-refractivity contribution in [3.8, 4) is 11.5 Å². The van der Waals surface area contributed by atoms with Crippen LogP contribution in [0.5, 0.6) is 11.5 Å². The van der Waals surface area contributed by atoms with E-state index in [9.17, 15) is 14.7 Å². The lowest BCUT2D eigenvalue weighted by Gasteiger charge is -2.45. The van der Waals surface area contributed by atoms with Gasteiger partial charge in [-0.15, -0.1) is 0 Å². The molecule has 2 aromatic rings. The van der Waals surface area contributed by atoms with Gasteiger partial charge in [-0.2, -0.15) is 0 Å². The lowest BCUT2D eigenvalue weighted by molar-refractivity contribution is -0.156. The first-order valence-electron chi connectivity index (χ1n) is 13.7. The van der Waals surface area contributed by atoms with Crippen molar-refractivity contribution in [2.45, 2.75) is 69.7 Å². The highest BCUT2D eigenvalue weighted by atomic mass is 35.5. The van der Waals surface area contributed by atoms with E-state index in [1.54, 1.807) is 19.1 Å². The molecule has 1 atom stereocenters. The van der Waals surface area contributed by atoms with E-state index >= 15 is 0 Å². The minimum atomic E-state index is -1.39. The third kappa shape index (κ3) is 6.48. The van der Waals surface area contributed by atoms with E-state index in [1.807, 2.05) is 50.2 Å². The number of rotatable bonds is 14. The van der Waals surface area contributed by atoms with E-state index in [2.05, 4.69) is 5.32 Å². The summed E-state index contributed by atoms with van der Waals surface area (Å²) in [7, 11) is 3.18. The minimum absolute atomic E-state index is 0.202. The van der Waals surface area contributed by atoms with Crippen LogP contribution in [-0.2, 0) is 20.9 Å². The molecule has 40 heavy (non-hydrogen) atoms. The van der Waals surface area contributed by atoms with Gasteiger partial charge >= 0.3 is 12.0 Å². The van der Waals surface area contributed by atoms with Crippen molar-refractivity contribution >= 4 is 23.6 Å². The predicted octanol–water partition coefficient (Wildman–Crippen LogP) is 5.55. The highest BCUT2D eigenvalue weighted by Crippen LogP contribution is 2.53. The smallest absolute Gasteiger partial charge is 0.329 e. The second kappa shape index (κ2) is 13.1. The molecule has 2 N–H and O–H groups in total. The SMILES string of the molecule is CCO[C@H]1C[C@@](NC(=O)N(CCOCc2ccccc2)[C@H](C)c2cc(OC)c(C3CC3)c(OC)c2Cl)(C(=O)O)C1. The predicted molar refractivity (Wildman–Crippen MR) is 151 cm³/mol. The van der Waals surface area contributed by atoms with E-state index in [0.717, 1.165) is 24.0 Å². The first-order valence-corrected chi connectivity index (χ1v) is 14.1. The Labute approximate surface area is 240 Å². The number of carbonyl (C=O) groups is 2. The summed E-state index contributed by atoms with van der Waals surface area (Å²) in [5.41, 5.74) is 1.20. The maximum atomic E-state index is 13.8. The summed E-state index contributed by atoms with van der Waals surface area (Å²) in [5, 5.41) is 13.2. The monoisotopic (exact) mass is 574 g/mol. The lowest BCUT2D eigenvalue weighted by Crippen LogP contribution is -2.66. The van der Waals surface area contributed by atoms with Crippen molar-refractivity contribution in [1.29, 1.82) is 0 Å². The number of carboxylic acids is 1. The molecule has 0 aliphatic heterocycles. The highest BCUT2D eigenvalue weighted by Gasteiger charge is 2.53. The van der Waals surface area contributed by atoms with Crippen molar-refractivity contribution in [1.82, 2.24) is 10.2 Å². The normalized spacial score (nSPS) is 20.8. The Morgan fingerprint density at radius 1 is 1.18 bits per heavy atom. The molecule has 2 amide bonds. The van der Waals surface area contributed by atoms with Crippen LogP contribution in [0.15, 0.2) is 36.4 Å². The Morgan fingerprint density at radius 3 is 2.45 bits per heavy atom. The molecule has 2 aromatic carbocycles. The van der Waals surface area contributed by atoms with E-state index in [-0.39, 0.29) is 32.1 Å². The maximum absolute atomic E-state index is 13.8. The average Bonchev–Trinajstić information content (AvgIpc) is 3.76. The molecule has 0 spiro atoms. The van der Waals surface area contributed by atoms with Gasteiger partial charge in [0.1, 0.15) is 17.0 Å². The first-order chi connectivity index (χ1) is 19.2. The van der Waals surface area contributed by atoms with Crippen molar-refractivity contribution in [2.75, 3.05) is 34.0 Å². The van der Waals surface area contributed by atoms with Crippen molar-refractivity contribution in [3.05, 3.63) is 58.1 Å². The van der Waals surface area contributed by atoms with Gasteiger partial charge in [0, 0.05) is 37.1 Å². The molecule has 0 aromatic heterocycles. The zero-order chi connectivity index (χ0) is 28.9. The molecule has 2 aliphatic carbocycles. The summed E-state index contributed by atoms with van der Waals surface area (Å²) >= 11 is 6.89. The lowest BCUT2D eigenvalue weighted by atomic mass is 9.74. The van der Waals surface area contributed by atoms with Gasteiger partial charge in [0.15, 0.2) is 0 Å². The van der Waals surface area contributed by atoms with Crippen LogP contribution < -0.4 is 14.8 Å². The molecule has 2 saturated carbocycles. The summed E-state index contributed by atoms with van der Waals surface area (Å²) in [6.45, 7) is 5.02. The van der Waals surface area contributed by atoms with Crippen LogP contribution in [-0.4, -0.2) is 67.6 Å². The number of nitrogens with zero attached hydrogens (tertiary/aromatic N) is 1. The third-order valence-corrected chi connectivity index (χ3v) is 8.13. The van der Waals surface area contributed by atoms with E-state index in [1.165, 1.54) is 0 Å². The number of carbonyl (C=O) groups excluding carboxylic acids is 1. The van der Waals surface area contributed by atoms with Gasteiger partial charge in [-0.3, -0.25) is 0 Å². The number of amides is 2. The summed E-state index contributed by atoms with van der Waals surface area (Å²) in [5.74, 6) is 0.447. The molecule has 2 aliphatic rings. The van der Waals surface area contributed by atoms with Crippen molar-refractivity contribution in [2.24, 2.45) is 0 Å². The molecule has 218 valence electrons. The number of hydrogen-bond acceptors (Lipinski definition) is 6. The first kappa shape index (κ1) is 30.0. The van der Waals surface area contributed by atoms with Gasteiger partial charge in [-0.1, -0.05) is 41.9 Å². The fraction of sp³-hybridized carbons (Fsp3) is 0.533. The van der Waals surface area contributed by atoms with Gasteiger partial charge in [-0.25, -0.2) is 9.59 Å². The minimum Gasteiger partial charge on any atom is -0.496 e. The zero-order valence-electron chi connectivity index (χ0n) is 23.6. The molecule has 0 heterocycles. The van der Waals surface area contributed by atoms with Crippen LogP contribution in [0.25, 0.3) is 0 Å². The number of nitrogens with one attached hydrogen (secondary N) is 1. The number of methoxy groups -OCH3 is 2. The molecule has 0 saturated heterocycles. The van der Waals surface area contributed by atoms with E-state index < -0.39 is 23.6 Å². The van der Waals surface area contributed by atoms with Crippen molar-refractivity contribution in [3.63, 3.8) is 0 Å². The highest BCUT2D eigenvalue weighted by molar-refractivity contribution is 6.33. The van der Waals surface area contributed by atoms with Crippen LogP contribution in [0.3, 0.4) is 0 Å². The second-order valence-electron chi connectivity index (χ2n) is 10.4. The molecule has 0 radical (unpaired) electrons. The van der Waals surface area contributed by atoms with E-state index in [0.29, 0.717) is 41.2 Å². The molecular formula is C30H39ClN2O7. The molecule has 0 unspecified atom stereocenters. The van der Waals surface area contributed by atoms with Crippen LogP contribution in [0.4, 0.5) is 4.79 Å². The Balaban J connectivity index is 1.58. The molecule has 9 nitrogen and oxygen atoms in total. The van der Waals surface area contributed by atoms with Crippen LogP contribution >= 0.6 is 11.6 Å². The van der Waals surface area contributed by atoms with Gasteiger partial charge in [0.2, 0.25) is 0 Å². The second-order valence-corrected chi connectivity index (χ2v) is 10.8. The van der Waals surface area contributed by atoms with E-state index in [4.69, 9.17) is 30.5 Å². The fourth-order valence-electron chi connectivity index (χ4n) is 5.32. The summed E-state index contributed by atoms with van der Waals surface area (Å²) in [4.78, 5) is 27.5. The zero-order valence-corrected chi connectivity index (χ0v) is 24.3. The number of halogens is 1. The number of ether oxygens (including phenoxy) is 4. The number of aliphatic carboxylic acids is 1. The fourth-order valence-corrected chi connectivity index (χ4v) is 5.71.